The van der Waals surface area contributed by atoms with Crippen LogP contribution in [0.1, 0.15) is 43.1 Å². The summed E-state index contributed by atoms with van der Waals surface area (Å²) < 4.78 is 6.80. The average molecular weight is 345 g/mol. The van der Waals surface area contributed by atoms with Crippen molar-refractivity contribution >= 4 is 17.7 Å². The second kappa shape index (κ2) is 7.16. The number of aromatic nitrogens is 4. The first-order valence-electron chi connectivity index (χ1n) is 8.58. The van der Waals surface area contributed by atoms with Crippen molar-refractivity contribution in [1.82, 2.24) is 24.5 Å². The third-order valence-corrected chi connectivity index (χ3v) is 4.79. The van der Waals surface area contributed by atoms with E-state index in [9.17, 15) is 9.59 Å². The topological polar surface area (TPSA) is 89.7 Å². The van der Waals surface area contributed by atoms with Crippen LogP contribution in [0, 0.1) is 13.8 Å². The Labute approximate surface area is 146 Å². The number of likely N-dealkylation sites (tertiary alicyclic amines) is 1. The van der Waals surface area contributed by atoms with Crippen molar-refractivity contribution in [1.29, 1.82) is 0 Å². The quantitative estimate of drug-likeness (QED) is 0.774. The molecule has 8 heteroatoms. The van der Waals surface area contributed by atoms with Gasteiger partial charge in [-0.25, -0.2) is 9.50 Å². The number of ether oxygens (including phenoxy) is 1. The maximum absolute atomic E-state index is 12.3. The van der Waals surface area contributed by atoms with Gasteiger partial charge in [0.2, 0.25) is 0 Å². The van der Waals surface area contributed by atoms with Gasteiger partial charge < -0.3 is 9.64 Å². The predicted octanol–water partition coefficient (Wildman–Crippen LogP) is 1.23. The Hall–Kier alpha value is -2.51. The zero-order valence-corrected chi connectivity index (χ0v) is 14.9. The van der Waals surface area contributed by atoms with Gasteiger partial charge in [-0.15, -0.1) is 0 Å². The Morgan fingerprint density at radius 1 is 1.32 bits per heavy atom. The molecule has 0 N–H and O–H groups in total. The van der Waals surface area contributed by atoms with Crippen LogP contribution in [-0.4, -0.2) is 55.6 Å². The fourth-order valence-electron chi connectivity index (χ4n) is 3.30. The Bertz CT molecular complexity index is 801. The molecule has 1 aliphatic heterocycles. The number of esters is 1. The van der Waals surface area contributed by atoms with Crippen LogP contribution < -0.4 is 0 Å². The number of carbonyl (C=O) groups is 2. The Balaban J connectivity index is 1.62. The van der Waals surface area contributed by atoms with Gasteiger partial charge in [0, 0.05) is 29.5 Å². The number of hydrogen-bond donors (Lipinski definition) is 0. The van der Waals surface area contributed by atoms with Crippen LogP contribution in [0.2, 0.25) is 0 Å². The van der Waals surface area contributed by atoms with Crippen molar-refractivity contribution < 1.29 is 14.3 Å². The highest BCUT2D eigenvalue weighted by molar-refractivity contribution is 5.81. The van der Waals surface area contributed by atoms with Crippen molar-refractivity contribution in [3.05, 3.63) is 23.3 Å². The Morgan fingerprint density at radius 3 is 2.88 bits per heavy atom. The van der Waals surface area contributed by atoms with E-state index in [1.165, 1.54) is 6.33 Å². The molecule has 0 unspecified atom stereocenters. The Morgan fingerprint density at radius 2 is 2.12 bits per heavy atom. The standard InChI is InChI=1S/C17H23N5O3/c1-11-6-4-5-7-21(11)15(23)9-25-16(24)8-14-12(2)20-17-18-10-19-22(17)13(14)3/h10-11H,4-9H2,1-3H3/t11-/m1/s1. The van der Waals surface area contributed by atoms with Crippen LogP contribution in [0.3, 0.4) is 0 Å². The molecule has 0 radical (unpaired) electrons. The van der Waals surface area contributed by atoms with Crippen LogP contribution >= 0.6 is 0 Å². The lowest BCUT2D eigenvalue weighted by molar-refractivity contribution is -0.153. The van der Waals surface area contributed by atoms with Gasteiger partial charge in [0.05, 0.1) is 6.42 Å². The number of piperidine rings is 1. The van der Waals surface area contributed by atoms with Gasteiger partial charge in [0.15, 0.2) is 6.61 Å². The number of carbonyl (C=O) groups excluding carboxylic acids is 2. The van der Waals surface area contributed by atoms with Crippen LogP contribution in [0.15, 0.2) is 6.33 Å². The van der Waals surface area contributed by atoms with E-state index in [-0.39, 0.29) is 25.0 Å². The molecule has 25 heavy (non-hydrogen) atoms. The SMILES string of the molecule is Cc1nc2ncnn2c(C)c1CC(=O)OCC(=O)N1CCCC[C@H]1C. The fourth-order valence-corrected chi connectivity index (χ4v) is 3.30. The molecule has 0 aromatic carbocycles. The lowest BCUT2D eigenvalue weighted by Crippen LogP contribution is -2.44. The average Bonchev–Trinajstić information content (AvgIpc) is 3.05. The van der Waals surface area contributed by atoms with Gasteiger partial charge in [-0.3, -0.25) is 9.59 Å². The molecule has 1 amide bonds. The normalized spacial score (nSPS) is 17.7. The molecule has 0 bridgehead atoms. The Kier molecular flexibility index (Phi) is 4.96. The van der Waals surface area contributed by atoms with E-state index in [0.717, 1.165) is 37.1 Å². The van der Waals surface area contributed by atoms with E-state index in [1.54, 1.807) is 9.42 Å². The molecule has 1 saturated heterocycles. The molecule has 0 saturated carbocycles. The molecule has 2 aromatic rings. The molecule has 3 rings (SSSR count). The maximum Gasteiger partial charge on any atom is 0.310 e. The summed E-state index contributed by atoms with van der Waals surface area (Å²) in [6.07, 6.45) is 4.63. The summed E-state index contributed by atoms with van der Waals surface area (Å²) in [6.45, 7) is 6.25. The zero-order valence-electron chi connectivity index (χ0n) is 14.9. The summed E-state index contributed by atoms with van der Waals surface area (Å²) in [7, 11) is 0. The van der Waals surface area contributed by atoms with Gasteiger partial charge in [0.25, 0.3) is 11.7 Å². The summed E-state index contributed by atoms with van der Waals surface area (Å²) in [6, 6.07) is 0.211. The number of nitrogens with zero attached hydrogens (tertiary/aromatic N) is 5. The third-order valence-electron chi connectivity index (χ3n) is 4.79. The molecular weight excluding hydrogens is 322 g/mol. The molecule has 134 valence electrons. The molecule has 2 aromatic heterocycles. The highest BCUT2D eigenvalue weighted by Gasteiger charge is 2.24. The van der Waals surface area contributed by atoms with E-state index in [2.05, 4.69) is 15.1 Å². The predicted molar refractivity (Wildman–Crippen MR) is 89.9 cm³/mol. The molecule has 0 aliphatic carbocycles. The fraction of sp³-hybridized carbons (Fsp3) is 0.588. The smallest absolute Gasteiger partial charge is 0.310 e. The summed E-state index contributed by atoms with van der Waals surface area (Å²) in [5.41, 5.74) is 2.26. The van der Waals surface area contributed by atoms with Crippen LogP contribution in [0.4, 0.5) is 0 Å². The first kappa shape index (κ1) is 17.3. The third kappa shape index (κ3) is 3.62. The van der Waals surface area contributed by atoms with Crippen molar-refractivity contribution in [2.75, 3.05) is 13.2 Å². The summed E-state index contributed by atoms with van der Waals surface area (Å²) in [5, 5.41) is 4.10. The molecule has 1 aliphatic rings. The van der Waals surface area contributed by atoms with E-state index in [1.807, 2.05) is 20.8 Å². The van der Waals surface area contributed by atoms with E-state index in [0.29, 0.717) is 11.5 Å². The van der Waals surface area contributed by atoms with Crippen molar-refractivity contribution in [3.8, 4) is 0 Å². The highest BCUT2D eigenvalue weighted by atomic mass is 16.5. The number of amides is 1. The summed E-state index contributed by atoms with van der Waals surface area (Å²) >= 11 is 0. The second-order valence-electron chi connectivity index (χ2n) is 6.50. The lowest BCUT2D eigenvalue weighted by Gasteiger charge is -2.33. The number of rotatable bonds is 4. The summed E-state index contributed by atoms with van der Waals surface area (Å²) in [5.74, 6) is -0.0642. The number of fused-ring (bicyclic) bond motifs is 1. The first-order valence-corrected chi connectivity index (χ1v) is 8.58. The highest BCUT2D eigenvalue weighted by Crippen LogP contribution is 2.17. The zero-order chi connectivity index (χ0) is 18.0. The van der Waals surface area contributed by atoms with Crippen LogP contribution in [0.25, 0.3) is 5.78 Å². The van der Waals surface area contributed by atoms with E-state index < -0.39 is 5.97 Å². The first-order chi connectivity index (χ1) is 12.0. The van der Waals surface area contributed by atoms with Gasteiger partial charge >= 0.3 is 5.97 Å². The van der Waals surface area contributed by atoms with Crippen molar-refractivity contribution in [2.24, 2.45) is 0 Å². The largest absolute Gasteiger partial charge is 0.455 e. The molecule has 0 spiro atoms. The molecule has 8 nitrogen and oxygen atoms in total. The molecule has 1 fully saturated rings. The van der Waals surface area contributed by atoms with Gasteiger partial charge in [-0.05, 0) is 40.0 Å². The minimum atomic E-state index is -0.439. The van der Waals surface area contributed by atoms with Crippen LogP contribution in [-0.2, 0) is 20.7 Å². The number of aryl methyl sites for hydroxylation is 2. The number of hydrogen-bond acceptors (Lipinski definition) is 6. The minimum Gasteiger partial charge on any atom is -0.455 e. The van der Waals surface area contributed by atoms with Crippen molar-refractivity contribution in [3.63, 3.8) is 0 Å². The monoisotopic (exact) mass is 345 g/mol. The summed E-state index contributed by atoms with van der Waals surface area (Å²) in [4.78, 5) is 34.6. The maximum atomic E-state index is 12.3. The van der Waals surface area contributed by atoms with E-state index >= 15 is 0 Å². The molecule has 1 atom stereocenters. The molecule has 3 heterocycles. The van der Waals surface area contributed by atoms with Gasteiger partial charge in [0.1, 0.15) is 6.33 Å². The minimum absolute atomic E-state index is 0.0588. The lowest BCUT2D eigenvalue weighted by atomic mass is 10.0. The van der Waals surface area contributed by atoms with Gasteiger partial charge in [-0.1, -0.05) is 0 Å². The van der Waals surface area contributed by atoms with Crippen LogP contribution in [0.5, 0.6) is 0 Å². The van der Waals surface area contributed by atoms with E-state index in [4.69, 9.17) is 4.74 Å². The van der Waals surface area contributed by atoms with Gasteiger partial charge in [-0.2, -0.15) is 10.1 Å². The van der Waals surface area contributed by atoms with Crippen molar-refractivity contribution in [2.45, 2.75) is 52.5 Å². The second-order valence-corrected chi connectivity index (χ2v) is 6.50. The molecular formula is C17H23N5O3.